The first kappa shape index (κ1) is 20.8. The van der Waals surface area contributed by atoms with Crippen LogP contribution >= 0.6 is 23.4 Å². The molecule has 0 aliphatic carbocycles. The van der Waals surface area contributed by atoms with E-state index < -0.39 is 21.5 Å². The van der Waals surface area contributed by atoms with Crippen molar-refractivity contribution in [2.45, 2.75) is 36.1 Å². The maximum absolute atomic E-state index is 12.6. The summed E-state index contributed by atoms with van der Waals surface area (Å²) in [5.41, 5.74) is 0.172. The van der Waals surface area contributed by atoms with Crippen LogP contribution in [0, 0.1) is 0 Å². The number of carbonyl (C=O) groups is 1. The Labute approximate surface area is 163 Å². The minimum atomic E-state index is -3.85. The average Bonchev–Trinajstić information content (AvgIpc) is 2.53. The average molecular weight is 413 g/mol. The summed E-state index contributed by atoms with van der Waals surface area (Å²) >= 11 is 7.62. The van der Waals surface area contributed by atoms with E-state index in [-0.39, 0.29) is 15.5 Å². The van der Waals surface area contributed by atoms with Crippen molar-refractivity contribution >= 4 is 45.0 Å². The minimum Gasteiger partial charge on any atom is -0.322 e. The van der Waals surface area contributed by atoms with E-state index >= 15 is 0 Å². The Kier molecular flexibility index (Phi) is 6.39. The summed E-state index contributed by atoms with van der Waals surface area (Å²) in [7, 11) is -3.85. The maximum atomic E-state index is 12.6. The highest BCUT2D eigenvalue weighted by Crippen LogP contribution is 2.25. The molecule has 1 amide bonds. The third-order valence-electron chi connectivity index (χ3n) is 3.25. The molecule has 0 radical (unpaired) electrons. The zero-order chi connectivity index (χ0) is 19.5. The van der Waals surface area contributed by atoms with Crippen molar-refractivity contribution < 1.29 is 13.2 Å². The van der Waals surface area contributed by atoms with Gasteiger partial charge in [-0.25, -0.2) is 13.1 Å². The van der Waals surface area contributed by atoms with Gasteiger partial charge in [0.05, 0.1) is 5.02 Å². The third kappa shape index (κ3) is 5.48. The zero-order valence-corrected chi connectivity index (χ0v) is 17.3. The van der Waals surface area contributed by atoms with E-state index in [0.29, 0.717) is 5.69 Å². The first-order chi connectivity index (χ1) is 12.0. The SMILES string of the molecule is CSc1cccc(NC(=O)c2ccc(Cl)c(S(=O)(=O)NC(C)(C)C)c2)c1. The highest BCUT2D eigenvalue weighted by atomic mass is 35.5. The van der Waals surface area contributed by atoms with Crippen LogP contribution in [0.2, 0.25) is 5.02 Å². The second-order valence-corrected chi connectivity index (χ2v) is 9.62. The Hall–Kier alpha value is -1.54. The van der Waals surface area contributed by atoms with E-state index in [1.807, 2.05) is 24.5 Å². The molecular formula is C18H21ClN2O3S2. The molecule has 0 unspecified atom stereocenters. The van der Waals surface area contributed by atoms with E-state index in [9.17, 15) is 13.2 Å². The van der Waals surface area contributed by atoms with Gasteiger partial charge in [0, 0.05) is 21.7 Å². The Morgan fingerprint density at radius 2 is 1.81 bits per heavy atom. The van der Waals surface area contributed by atoms with Gasteiger partial charge in [0.1, 0.15) is 4.90 Å². The summed E-state index contributed by atoms with van der Waals surface area (Å²) in [5.74, 6) is -0.410. The largest absolute Gasteiger partial charge is 0.322 e. The predicted octanol–water partition coefficient (Wildman–Crippen LogP) is 4.39. The molecule has 0 saturated heterocycles. The van der Waals surface area contributed by atoms with Crippen LogP contribution in [0.1, 0.15) is 31.1 Å². The Morgan fingerprint density at radius 3 is 2.42 bits per heavy atom. The second-order valence-electron chi connectivity index (χ2n) is 6.69. The van der Waals surface area contributed by atoms with E-state index in [1.165, 1.54) is 18.2 Å². The molecule has 0 bridgehead atoms. The molecule has 140 valence electrons. The number of carbonyl (C=O) groups excluding carboxylic acids is 1. The van der Waals surface area contributed by atoms with Gasteiger partial charge in [-0.1, -0.05) is 17.7 Å². The van der Waals surface area contributed by atoms with Crippen LogP contribution in [0.4, 0.5) is 5.69 Å². The lowest BCUT2D eigenvalue weighted by Crippen LogP contribution is -2.40. The lowest BCUT2D eigenvalue weighted by Gasteiger charge is -2.21. The first-order valence-corrected chi connectivity index (χ1v) is 10.9. The van der Waals surface area contributed by atoms with Gasteiger partial charge in [0.15, 0.2) is 0 Å². The molecule has 8 heteroatoms. The molecular weight excluding hydrogens is 392 g/mol. The van der Waals surface area contributed by atoms with Crippen LogP contribution < -0.4 is 10.0 Å². The van der Waals surface area contributed by atoms with Crippen molar-refractivity contribution in [3.05, 3.63) is 53.1 Å². The van der Waals surface area contributed by atoms with Gasteiger partial charge in [0.2, 0.25) is 10.0 Å². The summed E-state index contributed by atoms with van der Waals surface area (Å²) in [6, 6.07) is 11.6. The maximum Gasteiger partial charge on any atom is 0.255 e. The van der Waals surface area contributed by atoms with Crippen molar-refractivity contribution in [2.75, 3.05) is 11.6 Å². The highest BCUT2D eigenvalue weighted by molar-refractivity contribution is 7.98. The highest BCUT2D eigenvalue weighted by Gasteiger charge is 2.25. The smallest absolute Gasteiger partial charge is 0.255 e. The number of rotatable bonds is 5. The lowest BCUT2D eigenvalue weighted by atomic mass is 10.1. The van der Waals surface area contributed by atoms with E-state index in [0.717, 1.165) is 4.90 Å². The fourth-order valence-corrected chi connectivity index (χ4v) is 4.62. The zero-order valence-electron chi connectivity index (χ0n) is 15.0. The van der Waals surface area contributed by atoms with E-state index in [2.05, 4.69) is 10.0 Å². The van der Waals surface area contributed by atoms with Crippen molar-refractivity contribution in [1.29, 1.82) is 0 Å². The van der Waals surface area contributed by atoms with Crippen LogP contribution in [0.25, 0.3) is 0 Å². The number of benzene rings is 2. The van der Waals surface area contributed by atoms with Crippen LogP contribution in [0.15, 0.2) is 52.3 Å². The van der Waals surface area contributed by atoms with Gasteiger partial charge in [-0.05, 0) is 63.4 Å². The Balaban J connectivity index is 2.32. The van der Waals surface area contributed by atoms with Gasteiger partial charge < -0.3 is 5.32 Å². The Bertz CT molecular complexity index is 922. The molecule has 0 spiro atoms. The molecule has 0 aromatic heterocycles. The molecule has 0 fully saturated rings. The molecule has 0 aliphatic rings. The molecule has 0 heterocycles. The molecule has 26 heavy (non-hydrogen) atoms. The number of hydrogen-bond acceptors (Lipinski definition) is 4. The van der Waals surface area contributed by atoms with Crippen LogP contribution in [-0.2, 0) is 10.0 Å². The lowest BCUT2D eigenvalue weighted by molar-refractivity contribution is 0.102. The molecule has 2 aromatic rings. The molecule has 2 aromatic carbocycles. The summed E-state index contributed by atoms with van der Waals surface area (Å²) < 4.78 is 27.6. The van der Waals surface area contributed by atoms with Gasteiger partial charge in [-0.3, -0.25) is 4.79 Å². The molecule has 2 N–H and O–H groups in total. The van der Waals surface area contributed by atoms with Crippen molar-refractivity contribution in [3.8, 4) is 0 Å². The minimum absolute atomic E-state index is 0.0580. The van der Waals surface area contributed by atoms with E-state index in [1.54, 1.807) is 38.6 Å². The molecule has 0 saturated carbocycles. The number of amides is 1. The van der Waals surface area contributed by atoms with Gasteiger partial charge in [-0.2, -0.15) is 0 Å². The number of halogens is 1. The molecule has 0 atom stereocenters. The first-order valence-electron chi connectivity index (χ1n) is 7.81. The van der Waals surface area contributed by atoms with Crippen LogP contribution in [0.5, 0.6) is 0 Å². The van der Waals surface area contributed by atoms with Crippen molar-refractivity contribution in [2.24, 2.45) is 0 Å². The molecule has 5 nitrogen and oxygen atoms in total. The monoisotopic (exact) mass is 412 g/mol. The second kappa shape index (κ2) is 8.00. The van der Waals surface area contributed by atoms with Crippen molar-refractivity contribution in [3.63, 3.8) is 0 Å². The quantitative estimate of drug-likeness (QED) is 0.714. The van der Waals surface area contributed by atoms with E-state index in [4.69, 9.17) is 11.6 Å². The van der Waals surface area contributed by atoms with Gasteiger partial charge >= 0.3 is 0 Å². The third-order valence-corrected chi connectivity index (χ3v) is 6.22. The fraction of sp³-hybridized carbons (Fsp3) is 0.278. The summed E-state index contributed by atoms with van der Waals surface area (Å²) in [5, 5.41) is 2.83. The number of hydrogen-bond donors (Lipinski definition) is 2. The summed E-state index contributed by atoms with van der Waals surface area (Å²) in [6.07, 6.45) is 1.94. The van der Waals surface area contributed by atoms with Gasteiger partial charge in [0.25, 0.3) is 5.91 Å². The number of sulfonamides is 1. The fourth-order valence-electron chi connectivity index (χ4n) is 2.21. The van der Waals surface area contributed by atoms with Crippen molar-refractivity contribution in [1.82, 2.24) is 4.72 Å². The predicted molar refractivity (Wildman–Crippen MR) is 108 cm³/mol. The Morgan fingerprint density at radius 1 is 1.12 bits per heavy atom. The molecule has 2 rings (SSSR count). The topological polar surface area (TPSA) is 75.3 Å². The summed E-state index contributed by atoms with van der Waals surface area (Å²) in [4.78, 5) is 13.4. The molecule has 0 aliphatic heterocycles. The number of thioether (sulfide) groups is 1. The number of nitrogens with one attached hydrogen (secondary N) is 2. The van der Waals surface area contributed by atoms with Gasteiger partial charge in [-0.15, -0.1) is 11.8 Å². The van der Waals surface area contributed by atoms with Crippen LogP contribution in [-0.4, -0.2) is 26.1 Å². The normalized spacial score (nSPS) is 12.0. The standard InChI is InChI=1S/C18H21ClN2O3S2/c1-18(2,3)21-26(23,24)16-10-12(8-9-15(16)19)17(22)20-13-6-5-7-14(11-13)25-4/h5-11,21H,1-4H3,(H,20,22). The summed E-state index contributed by atoms with van der Waals surface area (Å²) in [6.45, 7) is 5.19. The number of anilines is 1. The van der Waals surface area contributed by atoms with Crippen LogP contribution in [0.3, 0.4) is 0 Å².